The van der Waals surface area contributed by atoms with Crippen LogP contribution in [0.25, 0.3) is 0 Å². The Labute approximate surface area is 100 Å². The van der Waals surface area contributed by atoms with Crippen molar-refractivity contribution in [1.82, 2.24) is 9.03 Å². The molecule has 0 aliphatic rings. The van der Waals surface area contributed by atoms with Crippen LogP contribution in [0.1, 0.15) is 11.3 Å². The van der Waals surface area contributed by atoms with Crippen LogP contribution in [0, 0.1) is 0 Å². The zero-order chi connectivity index (χ0) is 12.0. The Balaban J connectivity index is 2.45. The molecular formula is C9H17N3O2S2. The standard InChI is InChI=1S/C9H17N3O2S2/c1-12(6-3-5-10)16(13,14)11-8-9-4-2-7-15-9/h2,4,7,11H,3,5-6,8,10H2,1H3. The summed E-state index contributed by atoms with van der Waals surface area (Å²) in [5.74, 6) is 0. The van der Waals surface area contributed by atoms with Crippen LogP contribution in [-0.4, -0.2) is 32.9 Å². The van der Waals surface area contributed by atoms with E-state index in [1.165, 1.54) is 15.6 Å². The van der Waals surface area contributed by atoms with Crippen LogP contribution in [0.5, 0.6) is 0 Å². The first-order chi connectivity index (χ1) is 7.56. The number of hydrogen-bond donors (Lipinski definition) is 2. The summed E-state index contributed by atoms with van der Waals surface area (Å²) in [6, 6.07) is 3.79. The fourth-order valence-electron chi connectivity index (χ4n) is 1.12. The van der Waals surface area contributed by atoms with Gasteiger partial charge in [0.05, 0.1) is 0 Å². The van der Waals surface area contributed by atoms with Crippen LogP contribution in [0.15, 0.2) is 17.5 Å². The molecule has 0 amide bonds. The number of thiophene rings is 1. The lowest BCUT2D eigenvalue weighted by molar-refractivity contribution is 0.453. The van der Waals surface area contributed by atoms with Gasteiger partial charge in [-0.2, -0.15) is 17.4 Å². The van der Waals surface area contributed by atoms with Crippen molar-refractivity contribution in [2.45, 2.75) is 13.0 Å². The molecule has 16 heavy (non-hydrogen) atoms. The van der Waals surface area contributed by atoms with Gasteiger partial charge in [0, 0.05) is 25.0 Å². The summed E-state index contributed by atoms with van der Waals surface area (Å²) in [6.07, 6.45) is 0.663. The van der Waals surface area contributed by atoms with E-state index >= 15 is 0 Å². The normalized spacial score (nSPS) is 12.2. The van der Waals surface area contributed by atoms with E-state index in [9.17, 15) is 8.42 Å². The van der Waals surface area contributed by atoms with Crippen molar-refractivity contribution in [1.29, 1.82) is 0 Å². The third kappa shape index (κ3) is 4.18. The lowest BCUT2D eigenvalue weighted by Gasteiger charge is -2.16. The van der Waals surface area contributed by atoms with Crippen molar-refractivity contribution in [2.24, 2.45) is 5.73 Å². The van der Waals surface area contributed by atoms with Crippen molar-refractivity contribution in [3.8, 4) is 0 Å². The fraction of sp³-hybridized carbons (Fsp3) is 0.556. The van der Waals surface area contributed by atoms with Crippen LogP contribution in [0.3, 0.4) is 0 Å². The van der Waals surface area contributed by atoms with Gasteiger partial charge in [-0.15, -0.1) is 11.3 Å². The largest absolute Gasteiger partial charge is 0.330 e. The number of nitrogens with two attached hydrogens (primary N) is 1. The van der Waals surface area contributed by atoms with E-state index in [2.05, 4.69) is 4.72 Å². The second-order valence-electron chi connectivity index (χ2n) is 3.37. The van der Waals surface area contributed by atoms with Gasteiger partial charge in [0.25, 0.3) is 10.2 Å². The Morgan fingerprint density at radius 3 is 2.88 bits per heavy atom. The highest BCUT2D eigenvalue weighted by molar-refractivity contribution is 7.87. The second kappa shape index (κ2) is 6.31. The lowest BCUT2D eigenvalue weighted by Crippen LogP contribution is -2.38. The Morgan fingerprint density at radius 1 is 1.56 bits per heavy atom. The second-order valence-corrected chi connectivity index (χ2v) is 6.26. The first-order valence-corrected chi connectivity index (χ1v) is 7.31. The summed E-state index contributed by atoms with van der Waals surface area (Å²) < 4.78 is 27.2. The highest BCUT2D eigenvalue weighted by Crippen LogP contribution is 2.08. The molecule has 0 fully saturated rings. The van der Waals surface area contributed by atoms with Crippen molar-refractivity contribution >= 4 is 21.5 Å². The number of nitrogens with one attached hydrogen (secondary N) is 1. The van der Waals surface area contributed by atoms with E-state index < -0.39 is 10.2 Å². The molecule has 0 unspecified atom stereocenters. The molecule has 1 aromatic rings. The smallest absolute Gasteiger partial charge is 0.279 e. The van der Waals surface area contributed by atoms with E-state index in [1.807, 2.05) is 17.5 Å². The minimum absolute atomic E-state index is 0.340. The molecule has 0 atom stereocenters. The van der Waals surface area contributed by atoms with Crippen molar-refractivity contribution in [3.05, 3.63) is 22.4 Å². The van der Waals surface area contributed by atoms with E-state index in [-0.39, 0.29) is 0 Å². The van der Waals surface area contributed by atoms with Gasteiger partial charge in [0.2, 0.25) is 0 Å². The zero-order valence-electron chi connectivity index (χ0n) is 9.22. The van der Waals surface area contributed by atoms with Crippen molar-refractivity contribution in [2.75, 3.05) is 20.1 Å². The van der Waals surface area contributed by atoms with E-state index in [1.54, 1.807) is 7.05 Å². The van der Waals surface area contributed by atoms with Gasteiger partial charge in [0.15, 0.2) is 0 Å². The molecule has 3 N–H and O–H groups in total. The first-order valence-electron chi connectivity index (χ1n) is 4.99. The summed E-state index contributed by atoms with van der Waals surface area (Å²) in [4.78, 5) is 0.996. The molecule has 1 heterocycles. The molecule has 0 bridgehead atoms. The highest BCUT2D eigenvalue weighted by atomic mass is 32.2. The topological polar surface area (TPSA) is 75.4 Å². The number of nitrogens with zero attached hydrogens (tertiary/aromatic N) is 1. The fourth-order valence-corrected chi connectivity index (χ4v) is 2.78. The summed E-state index contributed by atoms with van der Waals surface area (Å²) in [5.41, 5.74) is 5.33. The molecule has 0 radical (unpaired) electrons. The first kappa shape index (κ1) is 13.6. The van der Waals surface area contributed by atoms with Crippen LogP contribution < -0.4 is 10.5 Å². The average Bonchev–Trinajstić information content (AvgIpc) is 2.76. The van der Waals surface area contributed by atoms with Gasteiger partial charge >= 0.3 is 0 Å². The Hall–Kier alpha value is -0.470. The molecule has 1 aromatic heterocycles. The van der Waals surface area contributed by atoms with E-state index in [4.69, 9.17) is 5.73 Å². The van der Waals surface area contributed by atoms with Crippen LogP contribution >= 0.6 is 11.3 Å². The van der Waals surface area contributed by atoms with E-state index in [0.29, 0.717) is 26.1 Å². The van der Waals surface area contributed by atoms with Gasteiger partial charge in [0.1, 0.15) is 0 Å². The van der Waals surface area contributed by atoms with E-state index in [0.717, 1.165) is 4.88 Å². The molecule has 5 nitrogen and oxygen atoms in total. The third-order valence-electron chi connectivity index (χ3n) is 2.10. The predicted octanol–water partition coefficient (Wildman–Crippen LogP) is 0.363. The summed E-state index contributed by atoms with van der Waals surface area (Å²) in [5, 5.41) is 1.92. The van der Waals surface area contributed by atoms with Gasteiger partial charge < -0.3 is 5.73 Å². The minimum atomic E-state index is -3.37. The van der Waals surface area contributed by atoms with Gasteiger partial charge in [-0.1, -0.05) is 6.07 Å². The molecule has 0 aliphatic carbocycles. The maximum atomic E-state index is 11.7. The molecule has 0 aromatic carbocycles. The molecule has 0 aliphatic heterocycles. The third-order valence-corrected chi connectivity index (χ3v) is 4.49. The molecule has 1 rings (SSSR count). The highest BCUT2D eigenvalue weighted by Gasteiger charge is 2.16. The predicted molar refractivity (Wildman–Crippen MR) is 66.4 cm³/mol. The molecule has 0 spiro atoms. The van der Waals surface area contributed by atoms with Crippen LogP contribution in [0.4, 0.5) is 0 Å². The van der Waals surface area contributed by atoms with Gasteiger partial charge in [-0.3, -0.25) is 0 Å². The van der Waals surface area contributed by atoms with Gasteiger partial charge in [-0.05, 0) is 24.4 Å². The molecule has 92 valence electrons. The lowest BCUT2D eigenvalue weighted by atomic mass is 10.4. The van der Waals surface area contributed by atoms with Crippen molar-refractivity contribution < 1.29 is 8.42 Å². The Morgan fingerprint density at radius 2 is 2.31 bits per heavy atom. The molecule has 7 heteroatoms. The molecule has 0 saturated carbocycles. The Bertz CT molecular complexity index is 389. The molecule has 0 saturated heterocycles. The van der Waals surface area contributed by atoms with Crippen LogP contribution in [0.2, 0.25) is 0 Å². The number of hydrogen-bond acceptors (Lipinski definition) is 4. The number of rotatable bonds is 7. The maximum absolute atomic E-state index is 11.7. The zero-order valence-corrected chi connectivity index (χ0v) is 10.9. The average molecular weight is 263 g/mol. The van der Waals surface area contributed by atoms with Gasteiger partial charge in [-0.25, -0.2) is 0 Å². The maximum Gasteiger partial charge on any atom is 0.279 e. The van der Waals surface area contributed by atoms with Crippen LogP contribution in [-0.2, 0) is 16.8 Å². The Kier molecular flexibility index (Phi) is 5.36. The SMILES string of the molecule is CN(CCCN)S(=O)(=O)NCc1cccs1. The summed E-state index contributed by atoms with van der Waals surface area (Å²) in [7, 11) is -1.83. The minimum Gasteiger partial charge on any atom is -0.330 e. The molecular weight excluding hydrogens is 246 g/mol. The summed E-state index contributed by atoms with van der Waals surface area (Å²) >= 11 is 1.53. The van der Waals surface area contributed by atoms with Crippen molar-refractivity contribution in [3.63, 3.8) is 0 Å². The monoisotopic (exact) mass is 263 g/mol. The summed E-state index contributed by atoms with van der Waals surface area (Å²) in [6.45, 7) is 1.27. The quantitative estimate of drug-likeness (QED) is 0.746.